The zero-order valence-electron chi connectivity index (χ0n) is 16.1. The molecule has 0 spiro atoms. The third-order valence-electron chi connectivity index (χ3n) is 4.96. The Labute approximate surface area is 160 Å². The van der Waals surface area contributed by atoms with Gasteiger partial charge in [0, 0.05) is 13.7 Å². The van der Waals surface area contributed by atoms with E-state index in [1.54, 1.807) is 26.4 Å². The highest BCUT2D eigenvalue weighted by molar-refractivity contribution is 5.91. The fraction of sp³-hybridized carbons (Fsp3) is 0.476. The molecule has 2 aromatic rings. The first-order valence-electron chi connectivity index (χ1n) is 9.45. The molecule has 1 aliphatic heterocycles. The number of likely N-dealkylation sites (tertiary alicyclic amines) is 1. The minimum absolute atomic E-state index is 0.133. The molecule has 0 radical (unpaired) electrons. The van der Waals surface area contributed by atoms with Crippen LogP contribution in [0.2, 0.25) is 0 Å². The van der Waals surface area contributed by atoms with E-state index >= 15 is 0 Å². The van der Waals surface area contributed by atoms with Crippen molar-refractivity contribution in [2.24, 2.45) is 0 Å². The third kappa shape index (κ3) is 5.11. The van der Waals surface area contributed by atoms with Crippen LogP contribution in [0, 0.1) is 0 Å². The standard InChI is InChI=1S/C21H28N2O4/c1-25-15-18-10-11-20(27-18)21(24)22-14-19(23-12-4-3-5-13-23)16-6-8-17(26-2)9-7-16/h6-11,19H,3-5,12-15H2,1-2H3,(H,22,24). The van der Waals surface area contributed by atoms with Crippen LogP contribution in [-0.4, -0.2) is 44.7 Å². The molecule has 1 N–H and O–H groups in total. The zero-order valence-corrected chi connectivity index (χ0v) is 16.1. The maximum absolute atomic E-state index is 12.5. The number of carbonyl (C=O) groups excluding carboxylic acids is 1. The van der Waals surface area contributed by atoms with E-state index in [1.807, 2.05) is 12.1 Å². The van der Waals surface area contributed by atoms with Crippen molar-refractivity contribution < 1.29 is 18.7 Å². The predicted molar refractivity (Wildman–Crippen MR) is 103 cm³/mol. The summed E-state index contributed by atoms with van der Waals surface area (Å²) >= 11 is 0. The first-order valence-corrected chi connectivity index (χ1v) is 9.45. The molecule has 6 heteroatoms. The summed E-state index contributed by atoms with van der Waals surface area (Å²) in [6, 6.07) is 11.7. The van der Waals surface area contributed by atoms with Crippen molar-refractivity contribution in [1.29, 1.82) is 0 Å². The summed E-state index contributed by atoms with van der Waals surface area (Å²) in [6.07, 6.45) is 3.66. The normalized spacial score (nSPS) is 16.1. The van der Waals surface area contributed by atoms with E-state index in [0.29, 0.717) is 24.7 Å². The molecule has 2 heterocycles. The van der Waals surface area contributed by atoms with Gasteiger partial charge in [0.1, 0.15) is 18.1 Å². The van der Waals surface area contributed by atoms with Crippen LogP contribution in [0.15, 0.2) is 40.8 Å². The van der Waals surface area contributed by atoms with Gasteiger partial charge < -0.3 is 19.2 Å². The van der Waals surface area contributed by atoms with Gasteiger partial charge >= 0.3 is 0 Å². The largest absolute Gasteiger partial charge is 0.497 e. The summed E-state index contributed by atoms with van der Waals surface area (Å²) in [5, 5.41) is 3.03. The Morgan fingerprint density at radius 2 is 1.85 bits per heavy atom. The van der Waals surface area contributed by atoms with E-state index in [-0.39, 0.29) is 11.9 Å². The summed E-state index contributed by atoms with van der Waals surface area (Å²) in [4.78, 5) is 14.9. The van der Waals surface area contributed by atoms with Gasteiger partial charge in [-0.15, -0.1) is 0 Å². The van der Waals surface area contributed by atoms with Gasteiger partial charge in [-0.2, -0.15) is 0 Å². The molecule has 1 amide bonds. The summed E-state index contributed by atoms with van der Waals surface area (Å²) < 4.78 is 15.8. The minimum Gasteiger partial charge on any atom is -0.497 e. The molecule has 0 bridgehead atoms. The van der Waals surface area contributed by atoms with Crippen LogP contribution in [0.25, 0.3) is 0 Å². The van der Waals surface area contributed by atoms with Crippen LogP contribution >= 0.6 is 0 Å². The van der Waals surface area contributed by atoms with E-state index in [0.717, 1.165) is 18.8 Å². The van der Waals surface area contributed by atoms with Crippen LogP contribution in [0.5, 0.6) is 5.75 Å². The summed E-state index contributed by atoms with van der Waals surface area (Å²) in [6.45, 7) is 2.98. The summed E-state index contributed by atoms with van der Waals surface area (Å²) in [7, 11) is 3.26. The van der Waals surface area contributed by atoms with Crippen LogP contribution in [0.3, 0.4) is 0 Å². The van der Waals surface area contributed by atoms with E-state index in [2.05, 4.69) is 22.3 Å². The third-order valence-corrected chi connectivity index (χ3v) is 4.96. The topological polar surface area (TPSA) is 63.9 Å². The molecule has 0 aliphatic carbocycles. The zero-order chi connectivity index (χ0) is 19.1. The highest BCUT2D eigenvalue weighted by Gasteiger charge is 2.23. The van der Waals surface area contributed by atoms with Gasteiger partial charge in [0.15, 0.2) is 5.76 Å². The number of hydrogen-bond donors (Lipinski definition) is 1. The average Bonchev–Trinajstić information content (AvgIpc) is 3.18. The lowest BCUT2D eigenvalue weighted by Gasteiger charge is -2.35. The van der Waals surface area contributed by atoms with Gasteiger partial charge in [-0.25, -0.2) is 0 Å². The second-order valence-electron chi connectivity index (χ2n) is 6.79. The molecule has 1 saturated heterocycles. The second kappa shape index (κ2) is 9.58. The van der Waals surface area contributed by atoms with E-state index in [1.165, 1.54) is 24.8 Å². The molecule has 146 valence electrons. The number of furan rings is 1. The average molecular weight is 372 g/mol. The predicted octanol–water partition coefficient (Wildman–Crippen LogP) is 3.39. The molecule has 1 atom stereocenters. The van der Waals surface area contributed by atoms with E-state index < -0.39 is 0 Å². The van der Waals surface area contributed by atoms with Gasteiger partial charge in [0.05, 0.1) is 13.2 Å². The van der Waals surface area contributed by atoms with Crippen molar-refractivity contribution in [3.05, 3.63) is 53.5 Å². The lowest BCUT2D eigenvalue weighted by molar-refractivity contribution is 0.0889. The quantitative estimate of drug-likeness (QED) is 0.769. The van der Waals surface area contributed by atoms with Gasteiger partial charge in [-0.1, -0.05) is 18.6 Å². The molecule has 1 aliphatic rings. The number of hydrogen-bond acceptors (Lipinski definition) is 5. The monoisotopic (exact) mass is 372 g/mol. The Morgan fingerprint density at radius 1 is 1.11 bits per heavy atom. The number of ether oxygens (including phenoxy) is 2. The van der Waals surface area contributed by atoms with Crippen LogP contribution in [0.4, 0.5) is 0 Å². The Hall–Kier alpha value is -2.31. The highest BCUT2D eigenvalue weighted by atomic mass is 16.5. The Bertz CT molecular complexity index is 720. The van der Waals surface area contributed by atoms with E-state index in [4.69, 9.17) is 13.9 Å². The van der Waals surface area contributed by atoms with Gasteiger partial charge in [-0.05, 0) is 55.8 Å². The number of nitrogens with one attached hydrogen (secondary N) is 1. The maximum Gasteiger partial charge on any atom is 0.287 e. The molecule has 27 heavy (non-hydrogen) atoms. The van der Waals surface area contributed by atoms with Crippen molar-refractivity contribution in [2.45, 2.75) is 31.9 Å². The van der Waals surface area contributed by atoms with E-state index in [9.17, 15) is 4.79 Å². The van der Waals surface area contributed by atoms with Crippen LogP contribution < -0.4 is 10.1 Å². The number of methoxy groups -OCH3 is 2. The highest BCUT2D eigenvalue weighted by Crippen LogP contribution is 2.26. The molecule has 1 aromatic carbocycles. The number of amides is 1. The molecule has 1 fully saturated rings. The smallest absolute Gasteiger partial charge is 0.287 e. The molecular formula is C21H28N2O4. The van der Waals surface area contributed by atoms with Gasteiger partial charge in [-0.3, -0.25) is 9.69 Å². The summed E-state index contributed by atoms with van der Waals surface area (Å²) in [5.41, 5.74) is 1.18. The number of nitrogens with zero attached hydrogens (tertiary/aromatic N) is 1. The Balaban J connectivity index is 1.69. The first-order chi connectivity index (χ1) is 13.2. The molecular weight excluding hydrogens is 344 g/mol. The number of rotatable bonds is 8. The lowest BCUT2D eigenvalue weighted by Crippen LogP contribution is -2.40. The van der Waals surface area contributed by atoms with Gasteiger partial charge in [0.25, 0.3) is 5.91 Å². The summed E-state index contributed by atoms with van der Waals surface area (Å²) in [5.74, 6) is 1.59. The second-order valence-corrected chi connectivity index (χ2v) is 6.79. The van der Waals surface area contributed by atoms with Crippen molar-refractivity contribution in [3.8, 4) is 5.75 Å². The fourth-order valence-electron chi connectivity index (χ4n) is 3.51. The molecule has 1 aromatic heterocycles. The van der Waals surface area contributed by atoms with Crippen molar-refractivity contribution in [1.82, 2.24) is 10.2 Å². The SMILES string of the molecule is COCc1ccc(C(=O)NCC(c2ccc(OC)cc2)N2CCCCC2)o1. The van der Waals surface area contributed by atoms with Gasteiger partial charge in [0.2, 0.25) is 0 Å². The van der Waals surface area contributed by atoms with Crippen molar-refractivity contribution in [2.75, 3.05) is 33.9 Å². The number of piperidine rings is 1. The van der Waals surface area contributed by atoms with Crippen molar-refractivity contribution in [3.63, 3.8) is 0 Å². The molecule has 3 rings (SSSR count). The minimum atomic E-state index is -0.201. The molecule has 1 unspecified atom stereocenters. The fourth-order valence-corrected chi connectivity index (χ4v) is 3.51. The van der Waals surface area contributed by atoms with Crippen molar-refractivity contribution >= 4 is 5.91 Å². The molecule has 0 saturated carbocycles. The number of carbonyl (C=O) groups is 1. The Morgan fingerprint density at radius 3 is 2.52 bits per heavy atom. The first kappa shape index (κ1) is 19.5. The molecule has 6 nitrogen and oxygen atoms in total. The van der Waals surface area contributed by atoms with Crippen LogP contribution in [0.1, 0.15) is 47.2 Å². The number of benzene rings is 1. The maximum atomic E-state index is 12.5. The Kier molecular flexibility index (Phi) is 6.90. The lowest BCUT2D eigenvalue weighted by atomic mass is 10.0. The van der Waals surface area contributed by atoms with Crippen LogP contribution in [-0.2, 0) is 11.3 Å².